The Kier molecular flexibility index (Phi) is 11.4. The number of ether oxygens (including phenoxy) is 2. The zero-order chi connectivity index (χ0) is 62.0. The Hall–Kier alpha value is -9.25. The fraction of sp³-hybridized carbons (Fsp3) is 0.214. The molecule has 0 bridgehead atoms. The predicted molar refractivity (Wildman–Crippen MR) is 383 cm³/mol. The van der Waals surface area contributed by atoms with Crippen molar-refractivity contribution in [2.24, 2.45) is 0 Å². The van der Waals surface area contributed by atoms with Gasteiger partial charge in [0.05, 0.1) is 22.4 Å². The zero-order valence-corrected chi connectivity index (χ0v) is 54.3. The van der Waals surface area contributed by atoms with Crippen LogP contribution in [0.15, 0.2) is 194 Å². The van der Waals surface area contributed by atoms with Crippen LogP contribution in [0.4, 0.5) is 0 Å². The molecule has 0 amide bonds. The van der Waals surface area contributed by atoms with E-state index in [9.17, 15) is 0 Å². The van der Waals surface area contributed by atoms with Crippen LogP contribution in [0.5, 0.6) is 23.0 Å². The number of benzene rings is 11. The lowest BCUT2D eigenvalue weighted by molar-refractivity contribution is 0.472. The quantitative estimate of drug-likeness (QED) is 0.164. The largest absolute Gasteiger partial charge is 0.456 e. The van der Waals surface area contributed by atoms with Gasteiger partial charge in [-0.3, -0.25) is 0 Å². The molecule has 4 nitrogen and oxygen atoms in total. The van der Waals surface area contributed by atoms with Crippen molar-refractivity contribution in [3.05, 3.63) is 228 Å². The molecule has 17 rings (SSSR count). The van der Waals surface area contributed by atoms with Gasteiger partial charge in [-0.2, -0.15) is 0 Å². The highest BCUT2D eigenvalue weighted by atomic mass is 16.5. The van der Waals surface area contributed by atoms with Gasteiger partial charge in [0.15, 0.2) is 0 Å². The second kappa shape index (κ2) is 18.7. The maximum absolute atomic E-state index is 7.87. The van der Waals surface area contributed by atoms with Crippen molar-refractivity contribution in [3.8, 4) is 78.9 Å². The van der Waals surface area contributed by atoms with E-state index in [-0.39, 0.29) is 35.1 Å². The maximum atomic E-state index is 7.87. The molecule has 4 aliphatic heterocycles. The van der Waals surface area contributed by atoms with E-state index in [4.69, 9.17) is 9.47 Å². The van der Waals surface area contributed by atoms with Gasteiger partial charge in [-0.25, -0.2) is 0 Å². The highest BCUT2D eigenvalue weighted by Gasteiger charge is 2.51. The van der Waals surface area contributed by atoms with Gasteiger partial charge >= 0.3 is 0 Å². The summed E-state index contributed by atoms with van der Waals surface area (Å²) < 4.78 is 20.9. The summed E-state index contributed by atoms with van der Waals surface area (Å²) in [7, 11) is 0. The molecule has 0 unspecified atom stereocenters. The molecule has 2 aromatic heterocycles. The molecule has 0 saturated heterocycles. The van der Waals surface area contributed by atoms with Crippen molar-refractivity contribution in [1.29, 1.82) is 0 Å². The van der Waals surface area contributed by atoms with Crippen LogP contribution in [0.25, 0.3) is 99.5 Å². The first kappa shape index (κ1) is 54.9. The highest BCUT2D eigenvalue weighted by Crippen LogP contribution is 2.50. The number of aromatic nitrogens is 2. The van der Waals surface area contributed by atoms with Crippen LogP contribution in [-0.2, 0) is 21.7 Å². The third-order valence-electron chi connectivity index (χ3n) is 20.6. The smallest absolute Gasteiger partial charge is 0.256 e. The zero-order valence-electron chi connectivity index (χ0n) is 54.3. The molecule has 11 aromatic carbocycles. The van der Waals surface area contributed by atoms with Gasteiger partial charge in [-0.1, -0.05) is 240 Å². The van der Waals surface area contributed by atoms with Gasteiger partial charge in [-0.05, 0) is 173 Å². The molecule has 6 heterocycles. The highest BCUT2D eigenvalue weighted by molar-refractivity contribution is 7.02. The molecule has 0 spiro atoms. The summed E-state index contributed by atoms with van der Waals surface area (Å²) >= 11 is 0. The molecular formula is C84H74B2N2O2. The van der Waals surface area contributed by atoms with Gasteiger partial charge < -0.3 is 18.6 Å². The lowest BCUT2D eigenvalue weighted by atomic mass is 9.31. The summed E-state index contributed by atoms with van der Waals surface area (Å²) in [6.45, 7) is 31.6. The molecular weight excluding hydrogens is 1090 g/mol. The Morgan fingerprint density at radius 2 is 0.589 bits per heavy atom. The van der Waals surface area contributed by atoms with Gasteiger partial charge in [0.25, 0.3) is 13.4 Å². The van der Waals surface area contributed by atoms with E-state index in [0.717, 1.165) is 56.3 Å². The number of hydrogen-bond acceptors (Lipinski definition) is 2. The Morgan fingerprint density at radius 1 is 0.289 bits per heavy atom. The SMILES string of the molecule is Cc1ccc2c(c1)B1c3c(c4c5c(c3-n3c6ccc(-c7ccc(C(C)(C)C)cc7)cc6c6cc(-c7ccc(C(C)(C)C)cc7)cc1c63)Oc1ccc(C)cc1B5c1cc(-c3ccc(C(C)(C)C)cc3)cc3c5cc(-c6ccc(C(C)(C)C)cc6)ccc5n-4c13)O2. The van der Waals surface area contributed by atoms with Crippen molar-refractivity contribution in [3.63, 3.8) is 0 Å². The van der Waals surface area contributed by atoms with Crippen LogP contribution in [-0.4, -0.2) is 22.6 Å². The molecule has 0 radical (unpaired) electrons. The minimum atomic E-state index is -0.209. The summed E-state index contributed by atoms with van der Waals surface area (Å²) in [6, 6.07) is 75.2. The molecule has 0 saturated carbocycles. The first-order valence-corrected chi connectivity index (χ1v) is 32.4. The first-order valence-electron chi connectivity index (χ1n) is 32.4. The molecule has 0 N–H and O–H groups in total. The maximum Gasteiger partial charge on any atom is 0.256 e. The van der Waals surface area contributed by atoms with Crippen molar-refractivity contribution in [2.75, 3.05) is 0 Å². The number of hydrogen-bond donors (Lipinski definition) is 0. The number of rotatable bonds is 4. The number of aryl methyl sites for hydroxylation is 2. The van der Waals surface area contributed by atoms with Crippen LogP contribution >= 0.6 is 0 Å². The van der Waals surface area contributed by atoms with Crippen LogP contribution in [0, 0.1) is 13.8 Å². The topological polar surface area (TPSA) is 28.3 Å². The van der Waals surface area contributed by atoms with Crippen molar-refractivity contribution >= 4 is 89.8 Å². The van der Waals surface area contributed by atoms with Gasteiger partial charge in [0, 0.05) is 43.5 Å². The van der Waals surface area contributed by atoms with Gasteiger partial charge in [0.2, 0.25) is 0 Å². The average Bonchev–Trinajstić information content (AvgIpc) is 1.28. The lowest BCUT2D eigenvalue weighted by Gasteiger charge is -2.41. The predicted octanol–water partition coefficient (Wildman–Crippen LogP) is 18.2. The van der Waals surface area contributed by atoms with Crippen LogP contribution in [0.3, 0.4) is 0 Å². The summed E-state index contributed by atoms with van der Waals surface area (Å²) in [5.74, 6) is 3.55. The summed E-state index contributed by atoms with van der Waals surface area (Å²) in [5.41, 5.74) is 31.3. The van der Waals surface area contributed by atoms with E-state index in [0.29, 0.717) is 0 Å². The Morgan fingerprint density at radius 3 is 0.911 bits per heavy atom. The number of nitrogens with zero attached hydrogens (tertiary/aromatic N) is 2. The molecule has 0 atom stereocenters. The summed E-state index contributed by atoms with van der Waals surface area (Å²) in [4.78, 5) is 0. The molecule has 90 heavy (non-hydrogen) atoms. The molecule has 6 heteroatoms. The van der Waals surface area contributed by atoms with Crippen LogP contribution in [0.1, 0.15) is 116 Å². The second-order valence-electron chi connectivity index (χ2n) is 30.7. The average molecular weight is 1170 g/mol. The second-order valence-corrected chi connectivity index (χ2v) is 30.7. The lowest BCUT2D eigenvalue weighted by Crippen LogP contribution is -2.63. The minimum Gasteiger partial charge on any atom is -0.456 e. The van der Waals surface area contributed by atoms with E-state index in [2.05, 4.69) is 300 Å². The van der Waals surface area contributed by atoms with Crippen molar-refractivity contribution < 1.29 is 9.47 Å². The Labute approximate surface area is 530 Å². The number of fused-ring (bicyclic) bond motifs is 16. The van der Waals surface area contributed by atoms with Crippen LogP contribution < -0.4 is 42.3 Å². The molecule has 13 aromatic rings. The molecule has 0 aliphatic carbocycles. The van der Waals surface area contributed by atoms with Crippen molar-refractivity contribution in [2.45, 2.75) is 119 Å². The van der Waals surface area contributed by atoms with E-state index >= 15 is 0 Å². The van der Waals surface area contributed by atoms with Gasteiger partial charge in [-0.15, -0.1) is 0 Å². The molecule has 4 aliphatic rings. The third kappa shape index (κ3) is 8.08. The molecule has 0 fully saturated rings. The monoisotopic (exact) mass is 1160 g/mol. The first-order chi connectivity index (χ1) is 42.9. The summed E-state index contributed by atoms with van der Waals surface area (Å²) in [5, 5.41) is 4.86. The van der Waals surface area contributed by atoms with E-state index in [1.54, 1.807) is 0 Å². The Balaban J connectivity index is 1.01. The van der Waals surface area contributed by atoms with E-state index < -0.39 is 0 Å². The van der Waals surface area contributed by atoms with Gasteiger partial charge in [0.1, 0.15) is 23.0 Å². The Bertz CT molecular complexity index is 4930. The third-order valence-corrected chi connectivity index (χ3v) is 20.6. The summed E-state index contributed by atoms with van der Waals surface area (Å²) in [6.07, 6.45) is 0. The minimum absolute atomic E-state index is 0.0193. The van der Waals surface area contributed by atoms with E-state index in [1.807, 2.05) is 0 Å². The normalized spacial score (nSPS) is 13.8. The van der Waals surface area contributed by atoms with E-state index in [1.165, 1.54) is 132 Å². The van der Waals surface area contributed by atoms with Crippen molar-refractivity contribution in [1.82, 2.24) is 9.13 Å². The standard InChI is InChI=1S/C84H74B2N2O2/c1-47-15-37-71-65(39-47)85-67-45-55(51-21-31-59(32-22-51)83(9,10)11)43-63-61-41-53(49-17-27-57(28-18-49)81(3,4)5)25-35-69(61)87(75(63)67)77-73(85)79(89-71)78-74-80(77)90-72-38-16-48(2)40-66(72)86(74)68-46-56(52-23-33-60(34-24-52)84(12,13)14)44-64-62-42-54(26-36-70(62)88(78)76(64)68)50-19-29-58(30-20-50)82(6,7)8/h15-46H,1-14H3. The molecule has 438 valence electrons. The fourth-order valence-electron chi connectivity index (χ4n) is 15.7. The van der Waals surface area contributed by atoms with Crippen LogP contribution in [0.2, 0.25) is 0 Å². The fourth-order valence-corrected chi connectivity index (χ4v) is 15.7.